The highest BCUT2D eigenvalue weighted by atomic mass is 16.5. The van der Waals surface area contributed by atoms with E-state index in [1.165, 1.54) is 12.7 Å². The van der Waals surface area contributed by atoms with Crippen LogP contribution in [0, 0.1) is 0 Å². The van der Waals surface area contributed by atoms with Crippen molar-refractivity contribution in [1.82, 2.24) is 5.32 Å². The van der Waals surface area contributed by atoms with E-state index in [2.05, 4.69) is 24.4 Å². The molecule has 0 aromatic heterocycles. The van der Waals surface area contributed by atoms with E-state index in [9.17, 15) is 4.79 Å². The second kappa shape index (κ2) is 7.71. The standard InChI is InChI=1S/C14H21NO3/c1-11(8-9-15-14(16)10-17-2)12-4-6-13(18-3)7-5-12/h4-7,11H,8-10H2,1-3H3,(H,15,16)/t11-/m0/s1. The second-order valence-corrected chi connectivity index (χ2v) is 4.25. The molecule has 0 saturated carbocycles. The number of ether oxygens (including phenoxy) is 2. The summed E-state index contributed by atoms with van der Waals surface area (Å²) < 4.78 is 9.86. The van der Waals surface area contributed by atoms with Gasteiger partial charge >= 0.3 is 0 Å². The van der Waals surface area contributed by atoms with Crippen molar-refractivity contribution in [3.63, 3.8) is 0 Å². The van der Waals surface area contributed by atoms with Crippen LogP contribution in [0.4, 0.5) is 0 Å². The lowest BCUT2D eigenvalue weighted by Gasteiger charge is -2.13. The van der Waals surface area contributed by atoms with Gasteiger partial charge in [-0.2, -0.15) is 0 Å². The van der Waals surface area contributed by atoms with Crippen LogP contribution in [0.15, 0.2) is 24.3 Å². The normalized spacial score (nSPS) is 11.9. The highest BCUT2D eigenvalue weighted by Gasteiger charge is 2.06. The summed E-state index contributed by atoms with van der Waals surface area (Å²) in [6, 6.07) is 8.02. The van der Waals surface area contributed by atoms with Gasteiger partial charge in [0.2, 0.25) is 5.91 Å². The van der Waals surface area contributed by atoms with Crippen LogP contribution in [-0.4, -0.2) is 33.3 Å². The number of carbonyl (C=O) groups is 1. The number of rotatable bonds is 7. The van der Waals surface area contributed by atoms with Crippen LogP contribution < -0.4 is 10.1 Å². The molecule has 0 aliphatic rings. The predicted molar refractivity (Wildman–Crippen MR) is 70.9 cm³/mol. The maximum Gasteiger partial charge on any atom is 0.245 e. The van der Waals surface area contributed by atoms with Crippen LogP contribution in [0.3, 0.4) is 0 Å². The van der Waals surface area contributed by atoms with Gasteiger partial charge in [-0.1, -0.05) is 19.1 Å². The SMILES string of the molecule is COCC(=O)NCC[C@H](C)c1ccc(OC)cc1. The summed E-state index contributed by atoms with van der Waals surface area (Å²) in [5.41, 5.74) is 1.25. The van der Waals surface area contributed by atoms with Crippen LogP contribution in [-0.2, 0) is 9.53 Å². The van der Waals surface area contributed by atoms with Gasteiger partial charge in [-0.25, -0.2) is 0 Å². The van der Waals surface area contributed by atoms with Gasteiger partial charge in [-0.3, -0.25) is 4.79 Å². The van der Waals surface area contributed by atoms with Crippen LogP contribution in [0.5, 0.6) is 5.75 Å². The molecule has 0 spiro atoms. The van der Waals surface area contributed by atoms with Gasteiger partial charge in [0.15, 0.2) is 0 Å². The van der Waals surface area contributed by atoms with E-state index in [0.29, 0.717) is 12.5 Å². The van der Waals surface area contributed by atoms with Gasteiger partial charge in [0.05, 0.1) is 7.11 Å². The highest BCUT2D eigenvalue weighted by Crippen LogP contribution is 2.21. The molecule has 1 aromatic carbocycles. The Labute approximate surface area is 108 Å². The van der Waals surface area contributed by atoms with E-state index >= 15 is 0 Å². The van der Waals surface area contributed by atoms with Gasteiger partial charge < -0.3 is 14.8 Å². The molecule has 0 aliphatic carbocycles. The van der Waals surface area contributed by atoms with E-state index in [1.54, 1.807) is 7.11 Å². The topological polar surface area (TPSA) is 47.6 Å². The summed E-state index contributed by atoms with van der Waals surface area (Å²) in [7, 11) is 3.17. The minimum absolute atomic E-state index is 0.0700. The maximum absolute atomic E-state index is 11.2. The highest BCUT2D eigenvalue weighted by molar-refractivity contribution is 5.77. The lowest BCUT2D eigenvalue weighted by Crippen LogP contribution is -2.28. The first-order valence-corrected chi connectivity index (χ1v) is 6.07. The second-order valence-electron chi connectivity index (χ2n) is 4.25. The largest absolute Gasteiger partial charge is 0.497 e. The van der Waals surface area contributed by atoms with Crippen LogP contribution >= 0.6 is 0 Å². The molecule has 1 aromatic rings. The third kappa shape index (κ3) is 4.75. The molecule has 0 saturated heterocycles. The third-order valence-electron chi connectivity index (χ3n) is 2.86. The van der Waals surface area contributed by atoms with E-state index in [1.807, 2.05) is 12.1 Å². The fourth-order valence-electron chi connectivity index (χ4n) is 1.71. The van der Waals surface area contributed by atoms with Crippen molar-refractivity contribution in [2.24, 2.45) is 0 Å². The fourth-order valence-corrected chi connectivity index (χ4v) is 1.71. The van der Waals surface area contributed by atoms with Gasteiger partial charge in [0.25, 0.3) is 0 Å². The van der Waals surface area contributed by atoms with Gasteiger partial charge in [0, 0.05) is 13.7 Å². The first-order chi connectivity index (χ1) is 8.67. The average molecular weight is 251 g/mol. The van der Waals surface area contributed by atoms with E-state index in [4.69, 9.17) is 9.47 Å². The number of carbonyl (C=O) groups excluding carboxylic acids is 1. The smallest absolute Gasteiger partial charge is 0.245 e. The Hall–Kier alpha value is -1.55. The molecule has 18 heavy (non-hydrogen) atoms. The summed E-state index contributed by atoms with van der Waals surface area (Å²) in [5, 5.41) is 2.82. The molecule has 0 aliphatic heterocycles. The molecule has 0 fully saturated rings. The van der Waals surface area contributed by atoms with Gasteiger partial charge in [-0.05, 0) is 30.0 Å². The van der Waals surface area contributed by atoms with Crippen molar-refractivity contribution >= 4 is 5.91 Å². The van der Waals surface area contributed by atoms with Crippen LogP contribution in [0.2, 0.25) is 0 Å². The molecule has 0 unspecified atom stereocenters. The number of amides is 1. The Kier molecular flexibility index (Phi) is 6.22. The number of nitrogens with one attached hydrogen (secondary N) is 1. The average Bonchev–Trinajstić information content (AvgIpc) is 2.39. The van der Waals surface area contributed by atoms with Crippen molar-refractivity contribution in [3.8, 4) is 5.75 Å². The zero-order chi connectivity index (χ0) is 13.4. The zero-order valence-corrected chi connectivity index (χ0v) is 11.2. The molecule has 1 amide bonds. The molecule has 0 radical (unpaired) electrons. The fraction of sp³-hybridized carbons (Fsp3) is 0.500. The molecule has 1 atom stereocenters. The van der Waals surface area contributed by atoms with Crippen molar-refractivity contribution in [2.75, 3.05) is 27.4 Å². The Morgan fingerprint density at radius 2 is 1.94 bits per heavy atom. The van der Waals surface area contributed by atoms with E-state index in [-0.39, 0.29) is 12.5 Å². The molecule has 4 nitrogen and oxygen atoms in total. The number of methoxy groups -OCH3 is 2. The summed E-state index contributed by atoms with van der Waals surface area (Å²) in [6.07, 6.45) is 0.905. The zero-order valence-electron chi connectivity index (χ0n) is 11.2. The number of hydrogen-bond acceptors (Lipinski definition) is 3. The van der Waals surface area contributed by atoms with E-state index in [0.717, 1.165) is 12.2 Å². The first kappa shape index (κ1) is 14.5. The monoisotopic (exact) mass is 251 g/mol. The van der Waals surface area contributed by atoms with Gasteiger partial charge in [0.1, 0.15) is 12.4 Å². The quantitative estimate of drug-likeness (QED) is 0.805. The lowest BCUT2D eigenvalue weighted by atomic mass is 9.98. The molecular formula is C14H21NO3. The Morgan fingerprint density at radius 1 is 1.28 bits per heavy atom. The molecule has 1 N–H and O–H groups in total. The molecule has 0 heterocycles. The minimum Gasteiger partial charge on any atom is -0.497 e. The minimum atomic E-state index is -0.0700. The van der Waals surface area contributed by atoms with Crippen LogP contribution in [0.25, 0.3) is 0 Å². The third-order valence-corrected chi connectivity index (χ3v) is 2.86. The lowest BCUT2D eigenvalue weighted by molar-refractivity contribution is -0.124. The van der Waals surface area contributed by atoms with Gasteiger partial charge in [-0.15, -0.1) is 0 Å². The Balaban J connectivity index is 2.35. The van der Waals surface area contributed by atoms with E-state index < -0.39 is 0 Å². The summed E-state index contributed by atoms with van der Waals surface area (Å²) in [6.45, 7) is 2.93. The van der Waals surface area contributed by atoms with Crippen molar-refractivity contribution in [3.05, 3.63) is 29.8 Å². The Bertz CT molecular complexity index is 362. The molecule has 1 rings (SSSR count). The summed E-state index contributed by atoms with van der Waals surface area (Å²) in [4.78, 5) is 11.2. The molecule has 100 valence electrons. The number of hydrogen-bond donors (Lipinski definition) is 1. The molecule has 0 bridgehead atoms. The molecular weight excluding hydrogens is 230 g/mol. The van der Waals surface area contributed by atoms with Crippen molar-refractivity contribution in [1.29, 1.82) is 0 Å². The van der Waals surface area contributed by atoms with Crippen molar-refractivity contribution in [2.45, 2.75) is 19.3 Å². The number of benzene rings is 1. The maximum atomic E-state index is 11.2. The first-order valence-electron chi connectivity index (χ1n) is 6.07. The summed E-state index contributed by atoms with van der Waals surface area (Å²) >= 11 is 0. The van der Waals surface area contributed by atoms with Crippen LogP contribution in [0.1, 0.15) is 24.8 Å². The van der Waals surface area contributed by atoms with Crippen molar-refractivity contribution < 1.29 is 14.3 Å². The summed E-state index contributed by atoms with van der Waals surface area (Å²) in [5.74, 6) is 1.19. The predicted octanol–water partition coefficient (Wildman–Crippen LogP) is 1.95. The molecule has 4 heteroatoms. The Morgan fingerprint density at radius 3 is 2.50 bits per heavy atom.